The minimum absolute atomic E-state index is 0.194. The van der Waals surface area contributed by atoms with Crippen LogP contribution in [0.5, 0.6) is 11.5 Å². The quantitative estimate of drug-likeness (QED) is 0.784. The fourth-order valence-corrected chi connectivity index (χ4v) is 1.20. The number of ether oxygens (including phenoxy) is 2. The van der Waals surface area contributed by atoms with Crippen LogP contribution in [0.1, 0.15) is 10.4 Å². The second kappa shape index (κ2) is 4.50. The van der Waals surface area contributed by atoms with Crippen molar-refractivity contribution in [1.29, 1.82) is 0 Å². The van der Waals surface area contributed by atoms with Crippen LogP contribution < -0.4 is 14.8 Å². The predicted molar refractivity (Wildman–Crippen MR) is 52.9 cm³/mol. The number of para-hydroxylation sites is 1. The van der Waals surface area contributed by atoms with E-state index in [1.807, 2.05) is 0 Å². The molecule has 76 valence electrons. The maximum atomic E-state index is 11.4. The van der Waals surface area contributed by atoms with Gasteiger partial charge >= 0.3 is 0 Å². The summed E-state index contributed by atoms with van der Waals surface area (Å²) in [6, 6.07) is 5.16. The van der Waals surface area contributed by atoms with Crippen molar-refractivity contribution in [2.45, 2.75) is 0 Å². The van der Waals surface area contributed by atoms with Gasteiger partial charge in [0, 0.05) is 7.05 Å². The number of carbonyl (C=O) groups excluding carboxylic acids is 1. The smallest absolute Gasteiger partial charge is 0.254 e. The van der Waals surface area contributed by atoms with Crippen LogP contribution in [0, 0.1) is 0 Å². The summed E-state index contributed by atoms with van der Waals surface area (Å²) in [5.41, 5.74) is 0.467. The van der Waals surface area contributed by atoms with E-state index in [-0.39, 0.29) is 5.91 Å². The highest BCUT2D eigenvalue weighted by Gasteiger charge is 2.14. The first kappa shape index (κ1) is 10.4. The first-order chi connectivity index (χ1) is 6.74. The Hall–Kier alpha value is -1.71. The molecule has 0 aliphatic rings. The van der Waals surface area contributed by atoms with Crippen molar-refractivity contribution in [3.8, 4) is 11.5 Å². The van der Waals surface area contributed by atoms with Crippen LogP contribution in [0.3, 0.4) is 0 Å². The Labute approximate surface area is 82.8 Å². The molecule has 0 unspecified atom stereocenters. The Morgan fingerprint density at radius 2 is 2.00 bits per heavy atom. The fourth-order valence-electron chi connectivity index (χ4n) is 1.20. The Morgan fingerprint density at radius 1 is 1.29 bits per heavy atom. The van der Waals surface area contributed by atoms with E-state index in [1.54, 1.807) is 25.2 Å². The summed E-state index contributed by atoms with van der Waals surface area (Å²) < 4.78 is 10.2. The van der Waals surface area contributed by atoms with E-state index in [0.717, 1.165) is 0 Å². The summed E-state index contributed by atoms with van der Waals surface area (Å²) in [4.78, 5) is 11.4. The van der Waals surface area contributed by atoms with E-state index >= 15 is 0 Å². The Morgan fingerprint density at radius 3 is 2.50 bits per heavy atom. The molecule has 0 aromatic heterocycles. The monoisotopic (exact) mass is 195 g/mol. The minimum Gasteiger partial charge on any atom is -0.493 e. The van der Waals surface area contributed by atoms with Gasteiger partial charge in [-0.05, 0) is 12.1 Å². The first-order valence-electron chi connectivity index (χ1n) is 4.17. The van der Waals surface area contributed by atoms with Crippen LogP contribution in [0.25, 0.3) is 0 Å². The van der Waals surface area contributed by atoms with Crippen LogP contribution in [-0.4, -0.2) is 27.2 Å². The van der Waals surface area contributed by atoms with Gasteiger partial charge in [-0.3, -0.25) is 4.79 Å². The second-order valence-corrected chi connectivity index (χ2v) is 2.62. The third kappa shape index (κ3) is 1.79. The van der Waals surface area contributed by atoms with E-state index in [4.69, 9.17) is 9.47 Å². The zero-order valence-electron chi connectivity index (χ0n) is 8.46. The van der Waals surface area contributed by atoms with Gasteiger partial charge in [-0.15, -0.1) is 0 Å². The Kier molecular flexibility index (Phi) is 3.34. The zero-order chi connectivity index (χ0) is 10.6. The van der Waals surface area contributed by atoms with Gasteiger partial charge in [0.2, 0.25) is 0 Å². The minimum atomic E-state index is -0.194. The highest BCUT2D eigenvalue weighted by molar-refractivity contribution is 5.97. The van der Waals surface area contributed by atoms with Crippen molar-refractivity contribution in [3.05, 3.63) is 23.8 Å². The molecule has 1 amide bonds. The van der Waals surface area contributed by atoms with Crippen molar-refractivity contribution in [2.24, 2.45) is 0 Å². The average Bonchev–Trinajstić information content (AvgIpc) is 2.26. The molecule has 4 nitrogen and oxygen atoms in total. The van der Waals surface area contributed by atoms with Crippen LogP contribution in [0.15, 0.2) is 18.2 Å². The van der Waals surface area contributed by atoms with Crippen molar-refractivity contribution in [3.63, 3.8) is 0 Å². The molecule has 1 N–H and O–H groups in total. The molecule has 1 aromatic carbocycles. The van der Waals surface area contributed by atoms with E-state index < -0.39 is 0 Å². The van der Waals surface area contributed by atoms with Gasteiger partial charge < -0.3 is 14.8 Å². The lowest BCUT2D eigenvalue weighted by Gasteiger charge is -2.10. The summed E-state index contributed by atoms with van der Waals surface area (Å²) in [7, 11) is 4.61. The topological polar surface area (TPSA) is 47.6 Å². The highest BCUT2D eigenvalue weighted by Crippen LogP contribution is 2.30. The van der Waals surface area contributed by atoms with Gasteiger partial charge in [-0.25, -0.2) is 0 Å². The molecule has 0 radical (unpaired) electrons. The number of carbonyl (C=O) groups is 1. The van der Waals surface area contributed by atoms with Crippen LogP contribution in [0.4, 0.5) is 0 Å². The number of hydrogen-bond donors (Lipinski definition) is 1. The van der Waals surface area contributed by atoms with E-state index in [1.165, 1.54) is 14.2 Å². The Bertz CT molecular complexity index is 336. The van der Waals surface area contributed by atoms with Gasteiger partial charge in [0.15, 0.2) is 11.5 Å². The van der Waals surface area contributed by atoms with Crippen molar-refractivity contribution in [1.82, 2.24) is 5.32 Å². The molecule has 0 fully saturated rings. The number of amides is 1. The molecule has 0 saturated carbocycles. The Balaban J connectivity index is 3.21. The third-order valence-corrected chi connectivity index (χ3v) is 1.87. The SMILES string of the molecule is CNC(=O)c1cccc(OC)c1OC. The molecule has 0 spiro atoms. The van der Waals surface area contributed by atoms with Crippen molar-refractivity contribution < 1.29 is 14.3 Å². The molecule has 1 aromatic rings. The normalized spacial score (nSPS) is 9.36. The van der Waals surface area contributed by atoms with Gasteiger partial charge in [-0.1, -0.05) is 6.07 Å². The molecule has 14 heavy (non-hydrogen) atoms. The fraction of sp³-hybridized carbons (Fsp3) is 0.300. The van der Waals surface area contributed by atoms with Crippen molar-refractivity contribution >= 4 is 5.91 Å². The van der Waals surface area contributed by atoms with Gasteiger partial charge in [0.05, 0.1) is 19.8 Å². The second-order valence-electron chi connectivity index (χ2n) is 2.62. The molecule has 0 heterocycles. The lowest BCUT2D eigenvalue weighted by Crippen LogP contribution is -2.18. The van der Waals surface area contributed by atoms with Gasteiger partial charge in [-0.2, -0.15) is 0 Å². The molecular weight excluding hydrogens is 182 g/mol. The van der Waals surface area contributed by atoms with Crippen LogP contribution in [-0.2, 0) is 0 Å². The summed E-state index contributed by atoms with van der Waals surface area (Å²) in [5, 5.41) is 2.53. The molecule has 0 saturated heterocycles. The van der Waals surface area contributed by atoms with Gasteiger partial charge in [0.1, 0.15) is 0 Å². The maximum Gasteiger partial charge on any atom is 0.254 e. The van der Waals surface area contributed by atoms with Crippen molar-refractivity contribution in [2.75, 3.05) is 21.3 Å². The van der Waals surface area contributed by atoms with E-state index in [2.05, 4.69) is 5.32 Å². The summed E-state index contributed by atoms with van der Waals surface area (Å²) >= 11 is 0. The standard InChI is InChI=1S/C10H13NO3/c1-11-10(12)7-5-4-6-8(13-2)9(7)14-3/h4-6H,1-3H3,(H,11,12). The molecule has 4 heteroatoms. The number of nitrogens with one attached hydrogen (secondary N) is 1. The molecule has 0 atom stereocenters. The highest BCUT2D eigenvalue weighted by atomic mass is 16.5. The van der Waals surface area contributed by atoms with E-state index in [9.17, 15) is 4.79 Å². The zero-order valence-corrected chi connectivity index (χ0v) is 8.46. The van der Waals surface area contributed by atoms with Crippen LogP contribution >= 0.6 is 0 Å². The summed E-state index contributed by atoms with van der Waals surface area (Å²) in [6.07, 6.45) is 0. The molecular formula is C10H13NO3. The average molecular weight is 195 g/mol. The molecule has 0 aliphatic carbocycles. The molecule has 0 aliphatic heterocycles. The third-order valence-electron chi connectivity index (χ3n) is 1.87. The van der Waals surface area contributed by atoms with Gasteiger partial charge in [0.25, 0.3) is 5.91 Å². The number of hydrogen-bond acceptors (Lipinski definition) is 3. The maximum absolute atomic E-state index is 11.4. The molecule has 1 rings (SSSR count). The number of benzene rings is 1. The molecule has 0 bridgehead atoms. The first-order valence-corrected chi connectivity index (χ1v) is 4.17. The summed E-state index contributed by atoms with van der Waals surface area (Å²) in [6.45, 7) is 0. The predicted octanol–water partition coefficient (Wildman–Crippen LogP) is 1.06. The lowest BCUT2D eigenvalue weighted by molar-refractivity contribution is 0.0959. The van der Waals surface area contributed by atoms with Crippen LogP contribution in [0.2, 0.25) is 0 Å². The largest absolute Gasteiger partial charge is 0.493 e. The van der Waals surface area contributed by atoms with E-state index in [0.29, 0.717) is 17.1 Å². The lowest BCUT2D eigenvalue weighted by atomic mass is 10.1. The number of methoxy groups -OCH3 is 2. The summed E-state index contributed by atoms with van der Waals surface area (Å²) in [5.74, 6) is 0.809. The number of rotatable bonds is 3.